The Bertz CT molecular complexity index is 1170. The third-order valence-electron chi connectivity index (χ3n) is 4.14. The van der Waals surface area contributed by atoms with Gasteiger partial charge in [0.1, 0.15) is 5.69 Å². The first-order valence-electron chi connectivity index (χ1n) is 8.28. The lowest BCUT2D eigenvalue weighted by atomic mass is 10.0. The van der Waals surface area contributed by atoms with Crippen molar-refractivity contribution >= 4 is 38.8 Å². The molecule has 8 heteroatoms. The summed E-state index contributed by atoms with van der Waals surface area (Å²) >= 11 is 7.14. The van der Waals surface area contributed by atoms with Gasteiger partial charge in [-0.05, 0) is 59.1 Å². The van der Waals surface area contributed by atoms with E-state index in [0.29, 0.717) is 10.7 Å². The highest BCUT2D eigenvalue weighted by molar-refractivity contribution is 7.92. The SMILES string of the molecule is O=S(=O)(Nc1ccc(Cl)cc1)c1ccc(-c2ccc(-c3csnn3)cc2)cc1. The highest BCUT2D eigenvalue weighted by Crippen LogP contribution is 2.26. The van der Waals surface area contributed by atoms with Crippen LogP contribution in [0.2, 0.25) is 5.02 Å². The van der Waals surface area contributed by atoms with Crippen LogP contribution in [0.5, 0.6) is 0 Å². The molecule has 5 nitrogen and oxygen atoms in total. The van der Waals surface area contributed by atoms with Gasteiger partial charge in [-0.25, -0.2) is 8.42 Å². The van der Waals surface area contributed by atoms with Crippen LogP contribution in [0.1, 0.15) is 0 Å². The number of nitrogens with one attached hydrogen (secondary N) is 1. The topological polar surface area (TPSA) is 72.0 Å². The van der Waals surface area contributed by atoms with Crippen molar-refractivity contribution in [1.29, 1.82) is 0 Å². The summed E-state index contributed by atoms with van der Waals surface area (Å²) in [6.07, 6.45) is 0. The molecule has 1 aromatic heterocycles. The van der Waals surface area contributed by atoms with Crippen LogP contribution >= 0.6 is 23.1 Å². The summed E-state index contributed by atoms with van der Waals surface area (Å²) < 4.78 is 31.5. The lowest BCUT2D eigenvalue weighted by Crippen LogP contribution is -2.12. The number of aromatic nitrogens is 2. The molecule has 0 spiro atoms. The Balaban J connectivity index is 1.54. The second-order valence-corrected chi connectivity index (χ2v) is 8.73. The predicted molar refractivity (Wildman–Crippen MR) is 113 cm³/mol. The minimum Gasteiger partial charge on any atom is -0.280 e. The van der Waals surface area contributed by atoms with Gasteiger partial charge >= 0.3 is 0 Å². The molecule has 3 aromatic carbocycles. The second kappa shape index (κ2) is 7.71. The van der Waals surface area contributed by atoms with Gasteiger partial charge in [0.05, 0.1) is 4.90 Å². The van der Waals surface area contributed by atoms with Crippen LogP contribution in [-0.4, -0.2) is 18.0 Å². The van der Waals surface area contributed by atoms with Crippen LogP contribution in [0, 0.1) is 0 Å². The number of hydrogen-bond acceptors (Lipinski definition) is 5. The van der Waals surface area contributed by atoms with Crippen LogP contribution < -0.4 is 4.72 Å². The van der Waals surface area contributed by atoms with Crippen molar-refractivity contribution in [3.05, 3.63) is 83.2 Å². The van der Waals surface area contributed by atoms with E-state index < -0.39 is 10.0 Å². The summed E-state index contributed by atoms with van der Waals surface area (Å²) in [4.78, 5) is 0.191. The number of rotatable bonds is 5. The molecule has 0 bridgehead atoms. The molecule has 0 radical (unpaired) electrons. The molecule has 0 aliphatic carbocycles. The fourth-order valence-electron chi connectivity index (χ4n) is 2.68. The Labute approximate surface area is 171 Å². The van der Waals surface area contributed by atoms with Gasteiger partial charge in [-0.1, -0.05) is 52.5 Å². The molecule has 4 rings (SSSR count). The van der Waals surface area contributed by atoms with Gasteiger partial charge in [-0.3, -0.25) is 4.72 Å². The third kappa shape index (κ3) is 4.06. The zero-order valence-electron chi connectivity index (χ0n) is 14.4. The molecule has 0 amide bonds. The van der Waals surface area contributed by atoms with Gasteiger partial charge < -0.3 is 0 Å². The molecule has 4 aromatic rings. The molecule has 0 atom stereocenters. The highest BCUT2D eigenvalue weighted by Gasteiger charge is 2.14. The van der Waals surface area contributed by atoms with Gasteiger partial charge in [0, 0.05) is 21.7 Å². The van der Waals surface area contributed by atoms with Crippen molar-refractivity contribution in [2.75, 3.05) is 4.72 Å². The van der Waals surface area contributed by atoms with Crippen LogP contribution in [0.15, 0.2) is 83.1 Å². The molecule has 0 aliphatic heterocycles. The zero-order chi connectivity index (χ0) is 19.6. The van der Waals surface area contributed by atoms with E-state index in [0.717, 1.165) is 22.4 Å². The first kappa shape index (κ1) is 18.6. The molecule has 1 N–H and O–H groups in total. The minimum atomic E-state index is -3.67. The quantitative estimate of drug-likeness (QED) is 0.467. The maximum absolute atomic E-state index is 12.6. The molecular formula is C20H14ClN3O2S2. The molecule has 0 unspecified atom stereocenters. The molecule has 1 heterocycles. The summed E-state index contributed by atoms with van der Waals surface area (Å²) in [7, 11) is -3.67. The smallest absolute Gasteiger partial charge is 0.261 e. The van der Waals surface area contributed by atoms with Gasteiger partial charge in [-0.15, -0.1) is 5.10 Å². The van der Waals surface area contributed by atoms with E-state index in [4.69, 9.17) is 11.6 Å². The maximum Gasteiger partial charge on any atom is 0.261 e. The maximum atomic E-state index is 12.6. The van der Waals surface area contributed by atoms with Crippen molar-refractivity contribution in [3.63, 3.8) is 0 Å². The number of nitrogens with zero attached hydrogens (tertiary/aromatic N) is 2. The first-order chi connectivity index (χ1) is 13.5. The summed E-state index contributed by atoms with van der Waals surface area (Å²) in [5, 5.41) is 6.49. The third-order valence-corrected chi connectivity index (χ3v) is 6.29. The molecule has 0 saturated carbocycles. The number of hydrogen-bond donors (Lipinski definition) is 1. The number of anilines is 1. The second-order valence-electron chi connectivity index (χ2n) is 6.00. The molecule has 140 valence electrons. The molecule has 0 aliphatic rings. The van der Waals surface area contributed by atoms with E-state index in [2.05, 4.69) is 14.3 Å². The zero-order valence-corrected chi connectivity index (χ0v) is 16.8. The Morgan fingerprint density at radius 2 is 1.36 bits per heavy atom. The summed E-state index contributed by atoms with van der Waals surface area (Å²) in [5.41, 5.74) is 4.20. The fraction of sp³-hybridized carbons (Fsp3) is 0. The largest absolute Gasteiger partial charge is 0.280 e. The number of benzene rings is 3. The Hall–Kier alpha value is -2.74. The Morgan fingerprint density at radius 3 is 1.93 bits per heavy atom. The monoisotopic (exact) mass is 427 g/mol. The van der Waals surface area contributed by atoms with Crippen LogP contribution in [-0.2, 0) is 10.0 Å². The lowest BCUT2D eigenvalue weighted by molar-refractivity contribution is 0.601. The highest BCUT2D eigenvalue weighted by atomic mass is 35.5. The normalized spacial score (nSPS) is 11.3. The summed E-state index contributed by atoms with van der Waals surface area (Å²) in [6, 6.07) is 21.2. The average molecular weight is 428 g/mol. The summed E-state index contributed by atoms with van der Waals surface area (Å²) in [5.74, 6) is 0. The van der Waals surface area contributed by atoms with Crippen LogP contribution in [0.25, 0.3) is 22.4 Å². The van der Waals surface area contributed by atoms with Crippen LogP contribution in [0.4, 0.5) is 5.69 Å². The number of sulfonamides is 1. The molecule has 0 fully saturated rings. The van der Waals surface area contributed by atoms with Crippen molar-refractivity contribution in [1.82, 2.24) is 9.59 Å². The van der Waals surface area contributed by atoms with Gasteiger partial charge in [0.25, 0.3) is 10.0 Å². The van der Waals surface area contributed by atoms with E-state index in [-0.39, 0.29) is 4.90 Å². The number of halogens is 1. The molecule has 28 heavy (non-hydrogen) atoms. The van der Waals surface area contributed by atoms with Crippen molar-refractivity contribution in [3.8, 4) is 22.4 Å². The van der Waals surface area contributed by atoms with Gasteiger partial charge in [-0.2, -0.15) is 0 Å². The lowest BCUT2D eigenvalue weighted by Gasteiger charge is -2.09. The Kier molecular flexibility index (Phi) is 5.13. The predicted octanol–water partition coefficient (Wildman–Crippen LogP) is 5.33. The fourth-order valence-corrected chi connectivity index (χ4v) is 4.33. The van der Waals surface area contributed by atoms with Crippen molar-refractivity contribution < 1.29 is 8.42 Å². The average Bonchev–Trinajstić information content (AvgIpc) is 3.25. The standard InChI is InChI=1S/C20H14ClN3O2S2/c21-17-7-9-18(10-8-17)23-28(25,26)19-11-5-15(6-12-19)14-1-3-16(4-2-14)20-13-27-24-22-20/h1-13,23H. The van der Waals surface area contributed by atoms with E-state index in [1.165, 1.54) is 11.5 Å². The Morgan fingerprint density at radius 1 is 0.786 bits per heavy atom. The molecule has 0 saturated heterocycles. The van der Waals surface area contributed by atoms with Crippen LogP contribution in [0.3, 0.4) is 0 Å². The van der Waals surface area contributed by atoms with E-state index in [1.807, 2.05) is 29.6 Å². The van der Waals surface area contributed by atoms with Crippen molar-refractivity contribution in [2.45, 2.75) is 4.90 Å². The van der Waals surface area contributed by atoms with Crippen molar-refractivity contribution in [2.24, 2.45) is 0 Å². The van der Waals surface area contributed by atoms with E-state index in [1.54, 1.807) is 48.5 Å². The van der Waals surface area contributed by atoms with Gasteiger partial charge in [0.15, 0.2) is 0 Å². The van der Waals surface area contributed by atoms with E-state index >= 15 is 0 Å². The minimum absolute atomic E-state index is 0.191. The molecular weight excluding hydrogens is 414 g/mol. The summed E-state index contributed by atoms with van der Waals surface area (Å²) in [6.45, 7) is 0. The van der Waals surface area contributed by atoms with Gasteiger partial charge in [0.2, 0.25) is 0 Å². The first-order valence-corrected chi connectivity index (χ1v) is 11.0. The van der Waals surface area contributed by atoms with E-state index in [9.17, 15) is 8.42 Å².